The minimum Gasteiger partial charge on any atom is -0.345 e. The van der Waals surface area contributed by atoms with E-state index in [2.05, 4.69) is 44.3 Å². The van der Waals surface area contributed by atoms with E-state index in [-0.39, 0.29) is 11.9 Å². The molecule has 2 nitrogen and oxygen atoms in total. The Kier molecular flexibility index (Phi) is 5.02. The Morgan fingerprint density at radius 3 is 2.23 bits per heavy atom. The van der Waals surface area contributed by atoms with E-state index in [1.54, 1.807) is 0 Å². The minimum absolute atomic E-state index is 0.00991. The van der Waals surface area contributed by atoms with Crippen LogP contribution in [0, 0.1) is 27.7 Å². The maximum atomic E-state index is 12.7. The molecule has 0 bridgehead atoms. The standard InChI is InChI=1S/C20H25NO/c1-6-19(17-10-8-7-9-13(17)2)21-20(22)18-12-15(4)14(3)11-16(18)5/h7-12,19H,6H2,1-5H3,(H,21,22)/t19-/m0/s1. The number of aryl methyl sites for hydroxylation is 4. The second-order valence-corrected chi connectivity index (χ2v) is 6.04. The van der Waals surface area contributed by atoms with Crippen LogP contribution < -0.4 is 5.32 Å². The van der Waals surface area contributed by atoms with Gasteiger partial charge in [0.2, 0.25) is 0 Å². The highest BCUT2D eigenvalue weighted by Crippen LogP contribution is 2.22. The summed E-state index contributed by atoms with van der Waals surface area (Å²) in [7, 11) is 0. The first-order valence-electron chi connectivity index (χ1n) is 7.88. The number of hydrogen-bond acceptors (Lipinski definition) is 1. The van der Waals surface area contributed by atoms with E-state index >= 15 is 0 Å². The second-order valence-electron chi connectivity index (χ2n) is 6.04. The van der Waals surface area contributed by atoms with Crippen LogP contribution in [-0.2, 0) is 0 Å². The molecule has 22 heavy (non-hydrogen) atoms. The van der Waals surface area contributed by atoms with Crippen LogP contribution in [0.3, 0.4) is 0 Å². The van der Waals surface area contributed by atoms with Crippen molar-refractivity contribution in [2.45, 2.75) is 47.1 Å². The molecule has 0 heterocycles. The number of rotatable bonds is 4. The molecular weight excluding hydrogens is 270 g/mol. The van der Waals surface area contributed by atoms with Gasteiger partial charge in [-0.2, -0.15) is 0 Å². The smallest absolute Gasteiger partial charge is 0.252 e. The Morgan fingerprint density at radius 1 is 0.955 bits per heavy atom. The Morgan fingerprint density at radius 2 is 1.59 bits per heavy atom. The molecule has 1 amide bonds. The van der Waals surface area contributed by atoms with Gasteiger partial charge in [-0.1, -0.05) is 37.3 Å². The molecule has 0 aliphatic carbocycles. The largest absolute Gasteiger partial charge is 0.345 e. The van der Waals surface area contributed by atoms with E-state index in [0.29, 0.717) is 0 Å². The Hall–Kier alpha value is -2.09. The average molecular weight is 295 g/mol. The van der Waals surface area contributed by atoms with Crippen molar-refractivity contribution in [3.63, 3.8) is 0 Å². The van der Waals surface area contributed by atoms with E-state index in [9.17, 15) is 4.79 Å². The van der Waals surface area contributed by atoms with Gasteiger partial charge < -0.3 is 5.32 Å². The third-order valence-corrected chi connectivity index (χ3v) is 4.36. The number of benzene rings is 2. The van der Waals surface area contributed by atoms with E-state index in [1.165, 1.54) is 16.7 Å². The van der Waals surface area contributed by atoms with Crippen LogP contribution in [0.2, 0.25) is 0 Å². The lowest BCUT2D eigenvalue weighted by atomic mass is 9.97. The zero-order valence-electron chi connectivity index (χ0n) is 14.2. The number of carbonyl (C=O) groups is 1. The Balaban J connectivity index is 2.27. The van der Waals surface area contributed by atoms with Crippen molar-refractivity contribution >= 4 is 5.91 Å². The number of hydrogen-bond donors (Lipinski definition) is 1. The lowest BCUT2D eigenvalue weighted by molar-refractivity contribution is 0.0935. The summed E-state index contributed by atoms with van der Waals surface area (Å²) in [6.45, 7) is 10.3. The summed E-state index contributed by atoms with van der Waals surface area (Å²) in [4.78, 5) is 12.7. The summed E-state index contributed by atoms with van der Waals surface area (Å²) in [6, 6.07) is 12.4. The molecule has 0 aliphatic rings. The van der Waals surface area contributed by atoms with E-state index in [0.717, 1.165) is 23.1 Å². The Bertz CT molecular complexity index is 688. The van der Waals surface area contributed by atoms with Crippen molar-refractivity contribution in [3.8, 4) is 0 Å². The fourth-order valence-corrected chi connectivity index (χ4v) is 2.82. The molecule has 2 aromatic rings. The minimum atomic E-state index is 0.00991. The van der Waals surface area contributed by atoms with Gasteiger partial charge >= 0.3 is 0 Å². The van der Waals surface area contributed by atoms with E-state index in [4.69, 9.17) is 0 Å². The molecule has 1 N–H and O–H groups in total. The van der Waals surface area contributed by atoms with E-state index in [1.807, 2.05) is 32.0 Å². The fourth-order valence-electron chi connectivity index (χ4n) is 2.82. The molecule has 2 aromatic carbocycles. The van der Waals surface area contributed by atoms with Crippen LogP contribution >= 0.6 is 0 Å². The predicted octanol–water partition coefficient (Wildman–Crippen LogP) is 4.80. The highest BCUT2D eigenvalue weighted by Gasteiger charge is 2.17. The van der Waals surface area contributed by atoms with Gasteiger partial charge in [0.25, 0.3) is 5.91 Å². The maximum Gasteiger partial charge on any atom is 0.252 e. The lowest BCUT2D eigenvalue weighted by Gasteiger charge is -2.20. The molecule has 1 atom stereocenters. The molecule has 0 fully saturated rings. The zero-order chi connectivity index (χ0) is 16.3. The monoisotopic (exact) mass is 295 g/mol. The van der Waals surface area contributed by atoms with Gasteiger partial charge in [-0.05, 0) is 68.0 Å². The van der Waals surface area contributed by atoms with Gasteiger partial charge in [0, 0.05) is 5.56 Å². The van der Waals surface area contributed by atoms with Crippen LogP contribution in [0.25, 0.3) is 0 Å². The highest BCUT2D eigenvalue weighted by molar-refractivity contribution is 5.96. The van der Waals surface area contributed by atoms with E-state index < -0.39 is 0 Å². The molecule has 0 aromatic heterocycles. The number of nitrogens with one attached hydrogen (secondary N) is 1. The molecule has 0 unspecified atom stereocenters. The quantitative estimate of drug-likeness (QED) is 0.862. The van der Waals surface area contributed by atoms with Crippen LogP contribution in [0.4, 0.5) is 0 Å². The summed E-state index contributed by atoms with van der Waals surface area (Å²) < 4.78 is 0. The molecule has 0 radical (unpaired) electrons. The summed E-state index contributed by atoms with van der Waals surface area (Å²) in [6.07, 6.45) is 0.875. The average Bonchev–Trinajstić information content (AvgIpc) is 2.49. The first kappa shape index (κ1) is 16.3. The van der Waals surface area contributed by atoms with Crippen molar-refractivity contribution < 1.29 is 4.79 Å². The third-order valence-electron chi connectivity index (χ3n) is 4.36. The van der Waals surface area contributed by atoms with Crippen molar-refractivity contribution in [1.29, 1.82) is 0 Å². The van der Waals surface area contributed by atoms with Gasteiger partial charge in [0.1, 0.15) is 0 Å². The number of carbonyl (C=O) groups excluding carboxylic acids is 1. The molecule has 0 saturated carbocycles. The molecule has 0 aliphatic heterocycles. The summed E-state index contributed by atoms with van der Waals surface area (Å²) >= 11 is 0. The van der Waals surface area contributed by atoms with Crippen molar-refractivity contribution in [3.05, 3.63) is 69.8 Å². The van der Waals surface area contributed by atoms with Crippen molar-refractivity contribution in [2.75, 3.05) is 0 Å². The van der Waals surface area contributed by atoms with Gasteiger partial charge in [-0.3, -0.25) is 4.79 Å². The van der Waals surface area contributed by atoms with Crippen LogP contribution in [0.5, 0.6) is 0 Å². The zero-order valence-corrected chi connectivity index (χ0v) is 14.2. The number of amides is 1. The van der Waals surface area contributed by atoms with Crippen LogP contribution in [-0.4, -0.2) is 5.91 Å². The molecule has 0 saturated heterocycles. The van der Waals surface area contributed by atoms with Gasteiger partial charge in [0.05, 0.1) is 6.04 Å². The molecular formula is C20H25NO. The second kappa shape index (κ2) is 6.78. The van der Waals surface area contributed by atoms with Gasteiger partial charge in [-0.25, -0.2) is 0 Å². The van der Waals surface area contributed by atoms with Crippen molar-refractivity contribution in [1.82, 2.24) is 5.32 Å². The third kappa shape index (κ3) is 3.38. The lowest BCUT2D eigenvalue weighted by Crippen LogP contribution is -2.29. The van der Waals surface area contributed by atoms with Gasteiger partial charge in [0.15, 0.2) is 0 Å². The van der Waals surface area contributed by atoms with Crippen molar-refractivity contribution in [2.24, 2.45) is 0 Å². The van der Waals surface area contributed by atoms with Crippen LogP contribution in [0.1, 0.15) is 57.6 Å². The highest BCUT2D eigenvalue weighted by atomic mass is 16.1. The molecule has 2 rings (SSSR count). The first-order chi connectivity index (χ1) is 10.4. The molecule has 0 spiro atoms. The maximum absolute atomic E-state index is 12.7. The SMILES string of the molecule is CC[C@H](NC(=O)c1cc(C)c(C)cc1C)c1ccccc1C. The normalized spacial score (nSPS) is 12.0. The fraction of sp³-hybridized carbons (Fsp3) is 0.350. The topological polar surface area (TPSA) is 29.1 Å². The predicted molar refractivity (Wildman–Crippen MR) is 92.3 cm³/mol. The van der Waals surface area contributed by atoms with Crippen LogP contribution in [0.15, 0.2) is 36.4 Å². The molecule has 2 heteroatoms. The van der Waals surface area contributed by atoms with Gasteiger partial charge in [-0.15, -0.1) is 0 Å². The summed E-state index contributed by atoms with van der Waals surface area (Å²) in [5, 5.41) is 3.19. The summed E-state index contributed by atoms with van der Waals surface area (Å²) in [5.41, 5.74) is 6.58. The molecule has 116 valence electrons. The first-order valence-corrected chi connectivity index (χ1v) is 7.88. The Labute approximate surface area is 133 Å². The summed E-state index contributed by atoms with van der Waals surface area (Å²) in [5.74, 6) is 0.00991.